The molecule has 8 heteroatoms. The Bertz CT molecular complexity index is 584. The number of thioether (sulfide) groups is 1. The summed E-state index contributed by atoms with van der Waals surface area (Å²) in [6.45, 7) is 0. The zero-order valence-electron chi connectivity index (χ0n) is 10.1. The number of nitrogens with one attached hydrogen (secondary N) is 2. The topological polar surface area (TPSA) is 57.8 Å². The van der Waals surface area contributed by atoms with Gasteiger partial charge in [-0.15, -0.1) is 0 Å². The van der Waals surface area contributed by atoms with E-state index in [9.17, 15) is 18.0 Å². The van der Waals surface area contributed by atoms with Crippen LogP contribution >= 0.6 is 11.8 Å². The van der Waals surface area contributed by atoms with Crippen LogP contribution in [0.2, 0.25) is 0 Å². The monoisotopic (exact) mass is 301 g/mol. The summed E-state index contributed by atoms with van der Waals surface area (Å²) in [5, 5.41) is 2.79. The number of carbonyl (C=O) groups is 1. The number of nitrogens with zero attached hydrogens (tertiary/aromatic N) is 1. The van der Waals surface area contributed by atoms with Gasteiger partial charge in [-0.3, -0.25) is 4.79 Å². The van der Waals surface area contributed by atoms with E-state index in [1.807, 2.05) is 0 Å². The third-order valence-corrected chi connectivity index (χ3v) is 3.22. The summed E-state index contributed by atoms with van der Waals surface area (Å²) in [6, 6.07) is 4.86. The summed E-state index contributed by atoms with van der Waals surface area (Å²) >= 11 is 1.11. The maximum atomic E-state index is 12.7. The smallest absolute Gasteiger partial charge is 0.340 e. The Morgan fingerprint density at radius 2 is 2.10 bits per heavy atom. The molecular formula is C12H10F3N3OS. The molecule has 0 aliphatic rings. The molecule has 0 spiro atoms. The number of amides is 1. The van der Waals surface area contributed by atoms with Crippen molar-refractivity contribution in [3.05, 3.63) is 42.2 Å². The van der Waals surface area contributed by atoms with Crippen LogP contribution in [0.15, 0.2) is 41.8 Å². The second-order valence-electron chi connectivity index (χ2n) is 3.77. The Morgan fingerprint density at radius 1 is 1.35 bits per heavy atom. The number of anilines is 1. The minimum atomic E-state index is -4.50. The molecule has 0 aliphatic carbocycles. The minimum Gasteiger partial charge on any atom is -0.340 e. The second-order valence-corrected chi connectivity index (χ2v) is 4.74. The second kappa shape index (κ2) is 6.00. The first-order chi connectivity index (χ1) is 9.47. The van der Waals surface area contributed by atoms with Gasteiger partial charge in [0.2, 0.25) is 5.91 Å². The molecule has 0 saturated heterocycles. The van der Waals surface area contributed by atoms with Gasteiger partial charge in [-0.1, -0.05) is 23.9 Å². The molecule has 20 heavy (non-hydrogen) atoms. The van der Waals surface area contributed by atoms with Crippen molar-refractivity contribution in [2.75, 3.05) is 11.1 Å². The summed E-state index contributed by atoms with van der Waals surface area (Å²) in [5.74, 6) is -0.553. The van der Waals surface area contributed by atoms with Crippen LogP contribution in [0.1, 0.15) is 5.56 Å². The molecule has 0 atom stereocenters. The van der Waals surface area contributed by atoms with Crippen LogP contribution in [0, 0.1) is 0 Å². The molecule has 4 nitrogen and oxygen atoms in total. The highest BCUT2D eigenvalue weighted by Crippen LogP contribution is 2.34. The van der Waals surface area contributed by atoms with Crippen LogP contribution < -0.4 is 5.32 Å². The van der Waals surface area contributed by atoms with E-state index >= 15 is 0 Å². The van der Waals surface area contributed by atoms with E-state index in [0.717, 1.165) is 17.8 Å². The van der Waals surface area contributed by atoms with E-state index in [1.54, 1.807) is 6.20 Å². The maximum absolute atomic E-state index is 12.7. The first kappa shape index (κ1) is 14.4. The average molecular weight is 301 g/mol. The van der Waals surface area contributed by atoms with E-state index in [0.29, 0.717) is 5.16 Å². The molecule has 0 bridgehead atoms. The van der Waals surface area contributed by atoms with Crippen LogP contribution in [-0.4, -0.2) is 21.6 Å². The van der Waals surface area contributed by atoms with Crippen LogP contribution in [0.5, 0.6) is 0 Å². The quantitative estimate of drug-likeness (QED) is 0.853. The van der Waals surface area contributed by atoms with E-state index in [2.05, 4.69) is 15.3 Å². The van der Waals surface area contributed by atoms with E-state index < -0.39 is 17.6 Å². The van der Waals surface area contributed by atoms with Gasteiger partial charge in [0.1, 0.15) is 0 Å². The lowest BCUT2D eigenvalue weighted by Crippen LogP contribution is -2.18. The molecule has 1 amide bonds. The first-order valence-corrected chi connectivity index (χ1v) is 6.53. The molecule has 2 aromatic rings. The van der Waals surface area contributed by atoms with Gasteiger partial charge in [0.25, 0.3) is 0 Å². The van der Waals surface area contributed by atoms with Crippen molar-refractivity contribution in [1.29, 1.82) is 0 Å². The zero-order valence-corrected chi connectivity index (χ0v) is 10.9. The summed E-state index contributed by atoms with van der Waals surface area (Å²) in [7, 11) is 0. The molecule has 0 fully saturated rings. The SMILES string of the molecule is O=C(CSc1ncc[nH]1)Nc1ccccc1C(F)(F)F. The lowest BCUT2D eigenvalue weighted by Gasteiger charge is -2.13. The number of halogens is 3. The van der Waals surface area contributed by atoms with Crippen molar-refractivity contribution in [2.24, 2.45) is 0 Å². The number of imidazole rings is 1. The van der Waals surface area contributed by atoms with Crippen LogP contribution in [0.3, 0.4) is 0 Å². The van der Waals surface area contributed by atoms with Crippen molar-refractivity contribution in [2.45, 2.75) is 11.3 Å². The highest BCUT2D eigenvalue weighted by molar-refractivity contribution is 7.99. The lowest BCUT2D eigenvalue weighted by molar-refractivity contribution is -0.137. The third-order valence-electron chi connectivity index (χ3n) is 2.32. The summed E-state index contributed by atoms with van der Waals surface area (Å²) in [6.07, 6.45) is -1.38. The number of para-hydroxylation sites is 1. The Hall–Kier alpha value is -1.96. The highest BCUT2D eigenvalue weighted by Gasteiger charge is 2.33. The summed E-state index contributed by atoms with van der Waals surface area (Å²) < 4.78 is 38.2. The van der Waals surface area contributed by atoms with Crippen molar-refractivity contribution < 1.29 is 18.0 Å². The van der Waals surface area contributed by atoms with Gasteiger partial charge < -0.3 is 10.3 Å². The third kappa shape index (κ3) is 3.77. The van der Waals surface area contributed by atoms with Crippen molar-refractivity contribution >= 4 is 23.4 Å². The molecule has 0 aliphatic heterocycles. The predicted molar refractivity (Wildman–Crippen MR) is 69.4 cm³/mol. The number of H-pyrrole nitrogens is 1. The molecule has 1 aromatic heterocycles. The zero-order chi connectivity index (χ0) is 14.6. The number of alkyl halides is 3. The van der Waals surface area contributed by atoms with E-state index in [4.69, 9.17) is 0 Å². The molecule has 1 heterocycles. The summed E-state index contributed by atoms with van der Waals surface area (Å²) in [5.41, 5.74) is -1.11. The molecule has 0 unspecified atom stereocenters. The maximum Gasteiger partial charge on any atom is 0.418 e. The first-order valence-electron chi connectivity index (χ1n) is 5.55. The van der Waals surface area contributed by atoms with E-state index in [-0.39, 0.29) is 11.4 Å². The number of benzene rings is 1. The number of aromatic amines is 1. The predicted octanol–water partition coefficient (Wildman–Crippen LogP) is 3.16. The Morgan fingerprint density at radius 3 is 2.75 bits per heavy atom. The Labute approximate surface area is 116 Å². The minimum absolute atomic E-state index is 0.0281. The largest absolute Gasteiger partial charge is 0.418 e. The Kier molecular flexibility index (Phi) is 4.33. The van der Waals surface area contributed by atoms with Gasteiger partial charge in [0.05, 0.1) is 17.0 Å². The van der Waals surface area contributed by atoms with Gasteiger partial charge in [0, 0.05) is 12.4 Å². The Balaban J connectivity index is 2.01. The van der Waals surface area contributed by atoms with Crippen molar-refractivity contribution in [1.82, 2.24) is 9.97 Å². The number of rotatable bonds is 4. The standard InChI is InChI=1S/C12H10F3N3OS/c13-12(14,15)8-3-1-2-4-9(8)18-10(19)7-20-11-16-5-6-17-11/h1-6H,7H2,(H,16,17)(H,18,19). The fourth-order valence-electron chi connectivity index (χ4n) is 1.49. The molecule has 1 aromatic carbocycles. The molecule has 2 rings (SSSR count). The number of aromatic nitrogens is 2. The number of carbonyl (C=O) groups excluding carboxylic acids is 1. The van der Waals surface area contributed by atoms with Crippen LogP contribution in [0.4, 0.5) is 18.9 Å². The lowest BCUT2D eigenvalue weighted by atomic mass is 10.1. The van der Waals surface area contributed by atoms with Crippen molar-refractivity contribution in [3.63, 3.8) is 0 Å². The van der Waals surface area contributed by atoms with Gasteiger partial charge in [0.15, 0.2) is 5.16 Å². The molecular weight excluding hydrogens is 291 g/mol. The molecule has 0 radical (unpaired) electrons. The average Bonchev–Trinajstić information content (AvgIpc) is 2.89. The normalized spacial score (nSPS) is 11.3. The fraction of sp³-hybridized carbons (Fsp3) is 0.167. The van der Waals surface area contributed by atoms with Gasteiger partial charge in [-0.25, -0.2) is 4.98 Å². The summed E-state index contributed by atoms with van der Waals surface area (Å²) in [4.78, 5) is 18.3. The van der Waals surface area contributed by atoms with Crippen LogP contribution in [-0.2, 0) is 11.0 Å². The van der Waals surface area contributed by atoms with Crippen molar-refractivity contribution in [3.8, 4) is 0 Å². The molecule has 2 N–H and O–H groups in total. The number of hydrogen-bond donors (Lipinski definition) is 2. The van der Waals surface area contributed by atoms with Gasteiger partial charge in [-0.2, -0.15) is 13.2 Å². The van der Waals surface area contributed by atoms with E-state index in [1.165, 1.54) is 24.4 Å². The molecule has 106 valence electrons. The van der Waals surface area contributed by atoms with Gasteiger partial charge >= 0.3 is 6.18 Å². The molecule has 0 saturated carbocycles. The highest BCUT2D eigenvalue weighted by atomic mass is 32.2. The number of hydrogen-bond acceptors (Lipinski definition) is 3. The van der Waals surface area contributed by atoms with Crippen LogP contribution in [0.25, 0.3) is 0 Å². The fourth-order valence-corrected chi connectivity index (χ4v) is 2.12. The van der Waals surface area contributed by atoms with Gasteiger partial charge in [-0.05, 0) is 12.1 Å².